The Bertz CT molecular complexity index is 585. The van der Waals surface area contributed by atoms with Crippen LogP contribution in [0.15, 0.2) is 22.7 Å². The molecule has 2 aromatic rings. The van der Waals surface area contributed by atoms with Crippen molar-refractivity contribution < 1.29 is 14.6 Å². The van der Waals surface area contributed by atoms with Crippen molar-refractivity contribution in [2.24, 2.45) is 0 Å². The number of benzene rings is 1. The van der Waals surface area contributed by atoms with E-state index >= 15 is 0 Å². The zero-order chi connectivity index (χ0) is 13.1. The van der Waals surface area contributed by atoms with Crippen LogP contribution in [0, 0.1) is 0 Å². The zero-order valence-corrected chi connectivity index (χ0v) is 11.8. The minimum absolute atomic E-state index is 0.0893. The molecule has 0 radical (unpaired) electrons. The lowest BCUT2D eigenvalue weighted by atomic mass is 10.2. The van der Waals surface area contributed by atoms with Gasteiger partial charge in [0.25, 0.3) is 5.19 Å². The summed E-state index contributed by atoms with van der Waals surface area (Å²) in [6, 6.07) is 4.72. The van der Waals surface area contributed by atoms with Crippen molar-refractivity contribution in [3.8, 4) is 10.9 Å². The van der Waals surface area contributed by atoms with E-state index in [1.165, 1.54) is 6.07 Å². The Morgan fingerprint density at radius 2 is 2.33 bits per heavy atom. The van der Waals surface area contributed by atoms with Gasteiger partial charge in [-0.25, -0.2) is 4.79 Å². The summed E-state index contributed by atoms with van der Waals surface area (Å²) in [5.74, 6) is -0.115. The average Bonchev–Trinajstić information content (AvgIpc) is 2.76. The maximum atomic E-state index is 11.1. The predicted molar refractivity (Wildman–Crippen MR) is 70.5 cm³/mol. The van der Waals surface area contributed by atoms with E-state index in [1.807, 2.05) is 6.92 Å². The van der Waals surface area contributed by atoms with E-state index in [-0.39, 0.29) is 11.3 Å². The highest BCUT2D eigenvalue weighted by Crippen LogP contribution is 2.29. The van der Waals surface area contributed by atoms with Gasteiger partial charge in [-0.15, -0.1) is 0 Å². The van der Waals surface area contributed by atoms with E-state index in [0.717, 1.165) is 16.0 Å². The molecule has 2 rings (SSSR count). The molecule has 1 aromatic heterocycles. The molecule has 1 heterocycles. The van der Waals surface area contributed by atoms with Crippen LogP contribution >= 0.6 is 27.5 Å². The first-order valence-corrected chi connectivity index (χ1v) is 6.70. The molecule has 0 spiro atoms. The lowest BCUT2D eigenvalue weighted by Crippen LogP contribution is -1.99. The number of ether oxygens (including phenoxy) is 1. The topological polar surface area (TPSA) is 72.3 Å². The first kappa shape index (κ1) is 13.0. The van der Waals surface area contributed by atoms with Crippen molar-refractivity contribution >= 4 is 33.4 Å². The summed E-state index contributed by atoms with van der Waals surface area (Å²) in [6.07, 6.45) is 0.712. The van der Waals surface area contributed by atoms with Crippen LogP contribution in [0.4, 0.5) is 0 Å². The molecule has 0 saturated heterocycles. The quantitative estimate of drug-likeness (QED) is 0.931. The number of carboxylic acid groups (broad SMARTS) is 1. The third-order valence-corrected chi connectivity index (χ3v) is 3.26. The van der Waals surface area contributed by atoms with Gasteiger partial charge in [-0.3, -0.25) is 0 Å². The number of hydrogen-bond acceptors (Lipinski definition) is 5. The number of hydrogen-bond donors (Lipinski definition) is 1. The van der Waals surface area contributed by atoms with Gasteiger partial charge in [-0.1, -0.05) is 22.9 Å². The number of halogens is 1. The Kier molecular flexibility index (Phi) is 3.93. The molecule has 0 saturated carbocycles. The van der Waals surface area contributed by atoms with E-state index in [4.69, 9.17) is 9.84 Å². The Labute approximate surface area is 116 Å². The van der Waals surface area contributed by atoms with E-state index in [0.29, 0.717) is 17.4 Å². The van der Waals surface area contributed by atoms with Gasteiger partial charge in [0, 0.05) is 22.4 Å². The Balaban J connectivity index is 2.32. The average molecular weight is 329 g/mol. The van der Waals surface area contributed by atoms with Gasteiger partial charge in [0.1, 0.15) is 17.1 Å². The van der Waals surface area contributed by atoms with Gasteiger partial charge in [0.15, 0.2) is 0 Å². The van der Waals surface area contributed by atoms with Crippen molar-refractivity contribution in [2.75, 3.05) is 0 Å². The Morgan fingerprint density at radius 3 is 2.94 bits per heavy atom. The van der Waals surface area contributed by atoms with Gasteiger partial charge >= 0.3 is 5.97 Å². The number of aromatic carboxylic acids is 1. The van der Waals surface area contributed by atoms with Gasteiger partial charge in [0.2, 0.25) is 0 Å². The second-order valence-electron chi connectivity index (χ2n) is 3.38. The monoisotopic (exact) mass is 328 g/mol. The van der Waals surface area contributed by atoms with Gasteiger partial charge < -0.3 is 9.84 Å². The Morgan fingerprint density at radius 1 is 1.56 bits per heavy atom. The maximum absolute atomic E-state index is 11.1. The van der Waals surface area contributed by atoms with Crippen LogP contribution in [0.25, 0.3) is 0 Å². The van der Waals surface area contributed by atoms with E-state index < -0.39 is 5.97 Å². The van der Waals surface area contributed by atoms with Crippen molar-refractivity contribution in [3.05, 3.63) is 34.1 Å². The molecule has 1 N–H and O–H groups in total. The fraction of sp³-hybridized carbons (Fsp3) is 0.182. The summed E-state index contributed by atoms with van der Waals surface area (Å²) in [6.45, 7) is 1.94. The number of carbonyl (C=O) groups is 1. The van der Waals surface area contributed by atoms with Crippen LogP contribution in [-0.2, 0) is 6.42 Å². The molecule has 0 unspecified atom stereocenters. The van der Waals surface area contributed by atoms with Crippen molar-refractivity contribution in [1.82, 2.24) is 9.36 Å². The van der Waals surface area contributed by atoms with E-state index in [9.17, 15) is 4.79 Å². The fourth-order valence-electron chi connectivity index (χ4n) is 1.27. The lowest BCUT2D eigenvalue weighted by molar-refractivity contribution is 0.0694. The van der Waals surface area contributed by atoms with Gasteiger partial charge in [-0.2, -0.15) is 9.36 Å². The third-order valence-electron chi connectivity index (χ3n) is 2.14. The number of aryl methyl sites for hydroxylation is 1. The maximum Gasteiger partial charge on any atom is 0.339 e. The summed E-state index contributed by atoms with van der Waals surface area (Å²) < 4.78 is 10.3. The standard InChI is InChI=1S/C11H9BrN2O3S/c1-2-9-13-11(18-14-9)17-8-5-6(12)3-4-7(8)10(15)16/h3-5H,2H2,1H3,(H,15,16). The van der Waals surface area contributed by atoms with Crippen molar-refractivity contribution in [2.45, 2.75) is 13.3 Å². The molecule has 0 fully saturated rings. The molecule has 0 bridgehead atoms. The molecular formula is C11H9BrN2O3S. The predicted octanol–water partition coefficient (Wildman–Crippen LogP) is 3.35. The molecule has 7 heteroatoms. The number of carboxylic acids is 1. The van der Waals surface area contributed by atoms with Crippen molar-refractivity contribution in [1.29, 1.82) is 0 Å². The fourth-order valence-corrected chi connectivity index (χ4v) is 2.24. The smallest absolute Gasteiger partial charge is 0.339 e. The van der Waals surface area contributed by atoms with E-state index in [1.54, 1.807) is 12.1 Å². The highest BCUT2D eigenvalue weighted by Gasteiger charge is 2.14. The molecule has 0 aliphatic rings. The highest BCUT2D eigenvalue weighted by molar-refractivity contribution is 9.10. The van der Waals surface area contributed by atoms with E-state index in [2.05, 4.69) is 25.3 Å². The minimum Gasteiger partial charge on any atom is -0.478 e. The molecule has 0 aliphatic carbocycles. The SMILES string of the molecule is CCc1nsc(Oc2cc(Br)ccc2C(=O)O)n1. The minimum atomic E-state index is -1.04. The molecular weight excluding hydrogens is 320 g/mol. The number of aromatic nitrogens is 2. The molecule has 18 heavy (non-hydrogen) atoms. The summed E-state index contributed by atoms with van der Waals surface area (Å²) >= 11 is 4.38. The van der Waals surface area contributed by atoms with Crippen LogP contribution in [0.5, 0.6) is 10.9 Å². The summed E-state index contributed by atoms with van der Waals surface area (Å²) in [5.41, 5.74) is 0.0893. The molecule has 94 valence electrons. The molecule has 5 nitrogen and oxygen atoms in total. The van der Waals surface area contributed by atoms with Crippen molar-refractivity contribution in [3.63, 3.8) is 0 Å². The summed E-state index contributed by atoms with van der Waals surface area (Å²) in [4.78, 5) is 15.2. The normalized spacial score (nSPS) is 10.3. The molecule has 0 atom stereocenters. The molecule has 0 amide bonds. The second-order valence-corrected chi connectivity index (χ2v) is 5.01. The molecule has 1 aromatic carbocycles. The number of nitrogens with zero attached hydrogens (tertiary/aromatic N) is 2. The van der Waals surface area contributed by atoms with Gasteiger partial charge in [0.05, 0.1) is 0 Å². The van der Waals surface area contributed by atoms with Crippen LogP contribution in [-0.4, -0.2) is 20.4 Å². The molecule has 0 aliphatic heterocycles. The second kappa shape index (κ2) is 5.45. The van der Waals surface area contributed by atoms with Crippen LogP contribution in [0.1, 0.15) is 23.1 Å². The largest absolute Gasteiger partial charge is 0.478 e. The third kappa shape index (κ3) is 2.85. The zero-order valence-electron chi connectivity index (χ0n) is 9.38. The first-order chi connectivity index (χ1) is 8.60. The number of rotatable bonds is 4. The van der Waals surface area contributed by atoms with Gasteiger partial charge in [-0.05, 0) is 18.2 Å². The van der Waals surface area contributed by atoms with Crippen LogP contribution in [0.3, 0.4) is 0 Å². The summed E-state index contributed by atoms with van der Waals surface area (Å²) in [5, 5.41) is 9.40. The Hall–Kier alpha value is -1.47. The van der Waals surface area contributed by atoms with Crippen LogP contribution in [0.2, 0.25) is 0 Å². The van der Waals surface area contributed by atoms with Crippen LogP contribution < -0.4 is 4.74 Å². The lowest BCUT2D eigenvalue weighted by Gasteiger charge is -2.05. The first-order valence-electron chi connectivity index (χ1n) is 5.13. The summed E-state index contributed by atoms with van der Waals surface area (Å²) in [7, 11) is 0. The highest BCUT2D eigenvalue weighted by atomic mass is 79.9.